The summed E-state index contributed by atoms with van der Waals surface area (Å²) < 4.78 is 1.68. The molecule has 3 heterocycles. The zero-order chi connectivity index (χ0) is 27.6. The van der Waals surface area contributed by atoms with E-state index < -0.39 is 0 Å². The van der Waals surface area contributed by atoms with Gasteiger partial charge >= 0.3 is 0 Å². The average Bonchev–Trinajstić information content (AvgIpc) is 2.98. The van der Waals surface area contributed by atoms with Gasteiger partial charge in [-0.1, -0.05) is 66.2 Å². The molecule has 0 saturated heterocycles. The molecule has 3 aromatic carbocycles. The molecule has 2 N–H and O–H groups in total. The summed E-state index contributed by atoms with van der Waals surface area (Å²) in [5.41, 5.74) is 8.45. The van der Waals surface area contributed by atoms with Gasteiger partial charge in [-0.25, -0.2) is 4.98 Å². The van der Waals surface area contributed by atoms with Gasteiger partial charge in [-0.15, -0.1) is 0 Å². The third-order valence-electron chi connectivity index (χ3n) is 7.43. The second-order valence-corrected chi connectivity index (χ2v) is 10.4. The van der Waals surface area contributed by atoms with E-state index in [1.807, 2.05) is 55.5 Å². The van der Waals surface area contributed by atoms with Gasteiger partial charge in [-0.05, 0) is 78.9 Å². The maximum absolute atomic E-state index is 13.6. The van der Waals surface area contributed by atoms with Crippen molar-refractivity contribution in [1.29, 1.82) is 0 Å². The van der Waals surface area contributed by atoms with Gasteiger partial charge in [0.15, 0.2) is 0 Å². The molecule has 0 amide bonds. The average molecular weight is 548 g/mol. The highest BCUT2D eigenvalue weighted by atomic mass is 35.5. The molecule has 0 fully saturated rings. The van der Waals surface area contributed by atoms with Crippen molar-refractivity contribution in [3.8, 4) is 22.3 Å². The maximum Gasteiger partial charge on any atom is 0.260 e. The summed E-state index contributed by atoms with van der Waals surface area (Å²) in [6, 6.07) is 24.2. The van der Waals surface area contributed by atoms with Gasteiger partial charge in [-0.2, -0.15) is 4.98 Å². The lowest BCUT2D eigenvalue weighted by atomic mass is 9.97. The molecule has 1 aliphatic rings. The number of aromatic nitrogens is 3. The van der Waals surface area contributed by atoms with Gasteiger partial charge in [0.05, 0.1) is 0 Å². The lowest BCUT2D eigenvalue weighted by Gasteiger charge is -2.15. The number of aryl methyl sites for hydroxylation is 2. The van der Waals surface area contributed by atoms with Gasteiger partial charge < -0.3 is 10.6 Å². The first kappa shape index (κ1) is 26.0. The second kappa shape index (κ2) is 11.1. The zero-order valence-electron chi connectivity index (χ0n) is 22.5. The van der Waals surface area contributed by atoms with E-state index in [2.05, 4.69) is 52.9 Å². The number of nitrogens with zero attached hydrogens (tertiary/aromatic N) is 3. The molecule has 40 heavy (non-hydrogen) atoms. The molecular formula is C33H30ClN5O. The number of fused-ring (bicyclic) bond motifs is 1. The van der Waals surface area contributed by atoms with Crippen molar-refractivity contribution in [1.82, 2.24) is 19.9 Å². The summed E-state index contributed by atoms with van der Waals surface area (Å²) in [7, 11) is 0. The van der Waals surface area contributed by atoms with Crippen LogP contribution in [-0.4, -0.2) is 27.6 Å². The number of hydrogen-bond donors (Lipinski definition) is 2. The molecule has 0 unspecified atom stereocenters. The van der Waals surface area contributed by atoms with E-state index in [0.717, 1.165) is 41.7 Å². The SMILES string of the molecule is CCn1c(=O)c(-c2ccc(-c3ccccc3C)cc2Cl)cc2cnc(Nc3ccc(C4=CCNCC4)cc3)nc21. The number of benzene rings is 3. The molecule has 0 spiro atoms. The number of halogens is 1. The third kappa shape index (κ3) is 5.04. The molecule has 1 aliphatic heterocycles. The van der Waals surface area contributed by atoms with Crippen LogP contribution in [0.5, 0.6) is 0 Å². The Bertz CT molecular complexity index is 1810. The number of hydrogen-bond acceptors (Lipinski definition) is 5. The molecule has 0 atom stereocenters. The predicted octanol–water partition coefficient (Wildman–Crippen LogP) is 7.23. The Morgan fingerprint density at radius 1 is 0.975 bits per heavy atom. The highest BCUT2D eigenvalue weighted by Gasteiger charge is 2.16. The van der Waals surface area contributed by atoms with Crippen LogP contribution < -0.4 is 16.2 Å². The maximum atomic E-state index is 13.6. The van der Waals surface area contributed by atoms with Crippen molar-refractivity contribution in [2.75, 3.05) is 18.4 Å². The summed E-state index contributed by atoms with van der Waals surface area (Å²) >= 11 is 6.77. The van der Waals surface area contributed by atoms with E-state index >= 15 is 0 Å². The minimum absolute atomic E-state index is 0.134. The summed E-state index contributed by atoms with van der Waals surface area (Å²) in [6.07, 6.45) is 5.02. The Kier molecular flexibility index (Phi) is 7.20. The van der Waals surface area contributed by atoms with Crippen LogP contribution in [0.2, 0.25) is 5.02 Å². The molecule has 2 aromatic heterocycles. The number of pyridine rings is 1. The second-order valence-electron chi connectivity index (χ2n) is 9.98. The molecule has 0 saturated carbocycles. The Morgan fingerprint density at radius 3 is 2.50 bits per heavy atom. The van der Waals surface area contributed by atoms with E-state index in [1.54, 1.807) is 10.8 Å². The van der Waals surface area contributed by atoms with Crippen LogP contribution in [0.15, 0.2) is 89.9 Å². The van der Waals surface area contributed by atoms with Crippen molar-refractivity contribution in [2.24, 2.45) is 0 Å². The summed E-state index contributed by atoms with van der Waals surface area (Å²) in [6.45, 7) is 6.40. The monoisotopic (exact) mass is 547 g/mol. The molecule has 0 aliphatic carbocycles. The fourth-order valence-corrected chi connectivity index (χ4v) is 5.57. The van der Waals surface area contributed by atoms with Crippen LogP contribution in [0.1, 0.15) is 24.5 Å². The van der Waals surface area contributed by atoms with Crippen molar-refractivity contribution in [2.45, 2.75) is 26.8 Å². The van der Waals surface area contributed by atoms with E-state index in [1.165, 1.54) is 16.7 Å². The molecule has 5 aromatic rings. The molecule has 6 nitrogen and oxygen atoms in total. The fraction of sp³-hybridized carbons (Fsp3) is 0.182. The van der Waals surface area contributed by atoms with Crippen LogP contribution >= 0.6 is 11.6 Å². The van der Waals surface area contributed by atoms with Crippen LogP contribution in [0.3, 0.4) is 0 Å². The smallest absolute Gasteiger partial charge is 0.260 e. The van der Waals surface area contributed by atoms with Crippen molar-refractivity contribution < 1.29 is 0 Å². The van der Waals surface area contributed by atoms with Gasteiger partial charge in [0, 0.05) is 46.5 Å². The van der Waals surface area contributed by atoms with Crippen LogP contribution in [0, 0.1) is 6.92 Å². The van der Waals surface area contributed by atoms with E-state index in [-0.39, 0.29) is 5.56 Å². The fourth-order valence-electron chi connectivity index (χ4n) is 5.28. The number of nitrogens with one attached hydrogen (secondary N) is 2. The summed E-state index contributed by atoms with van der Waals surface area (Å²) in [4.78, 5) is 22.9. The van der Waals surface area contributed by atoms with Crippen molar-refractivity contribution >= 4 is 39.8 Å². The minimum Gasteiger partial charge on any atom is -0.324 e. The lowest BCUT2D eigenvalue weighted by molar-refractivity contribution is 0.738. The molecule has 7 heteroatoms. The topological polar surface area (TPSA) is 71.8 Å². The molecule has 200 valence electrons. The van der Waals surface area contributed by atoms with Gasteiger partial charge in [0.25, 0.3) is 5.56 Å². The van der Waals surface area contributed by atoms with E-state index in [9.17, 15) is 4.79 Å². The van der Waals surface area contributed by atoms with Gasteiger partial charge in [0.1, 0.15) is 5.65 Å². The van der Waals surface area contributed by atoms with Crippen molar-refractivity contribution in [3.63, 3.8) is 0 Å². The van der Waals surface area contributed by atoms with Crippen LogP contribution in [0.4, 0.5) is 11.6 Å². The third-order valence-corrected chi connectivity index (χ3v) is 7.75. The number of rotatable bonds is 6. The molecular weight excluding hydrogens is 518 g/mol. The predicted molar refractivity (Wildman–Crippen MR) is 165 cm³/mol. The van der Waals surface area contributed by atoms with Gasteiger partial charge in [0.2, 0.25) is 5.95 Å². The Labute approximate surface area is 238 Å². The molecule has 0 radical (unpaired) electrons. The van der Waals surface area contributed by atoms with E-state index in [4.69, 9.17) is 16.6 Å². The zero-order valence-corrected chi connectivity index (χ0v) is 23.3. The lowest BCUT2D eigenvalue weighted by Crippen LogP contribution is -2.22. The van der Waals surface area contributed by atoms with E-state index in [0.29, 0.717) is 34.3 Å². The number of anilines is 2. The Hall–Kier alpha value is -4.26. The normalized spacial score (nSPS) is 13.3. The highest BCUT2D eigenvalue weighted by Crippen LogP contribution is 2.33. The quantitative estimate of drug-likeness (QED) is 0.235. The first-order valence-corrected chi connectivity index (χ1v) is 13.9. The standard InChI is InChI=1S/C33H30ClN5O/c1-3-39-31-25(20-36-33(38-31)37-26-11-8-22(9-12-26)23-14-16-35-17-15-23)18-29(32(39)40)28-13-10-24(19-30(28)34)27-7-5-4-6-21(27)2/h4-14,18-20,35H,3,15-17H2,1-2H3,(H,36,37,38). The molecule has 0 bridgehead atoms. The summed E-state index contributed by atoms with van der Waals surface area (Å²) in [5, 5.41) is 7.94. The van der Waals surface area contributed by atoms with Gasteiger partial charge in [-0.3, -0.25) is 9.36 Å². The van der Waals surface area contributed by atoms with Crippen molar-refractivity contribution in [3.05, 3.63) is 112 Å². The largest absolute Gasteiger partial charge is 0.324 e. The van der Waals surface area contributed by atoms with Crippen LogP contribution in [0.25, 0.3) is 38.9 Å². The molecule has 6 rings (SSSR count). The highest BCUT2D eigenvalue weighted by molar-refractivity contribution is 6.33. The minimum atomic E-state index is -0.134. The first-order chi connectivity index (χ1) is 19.5. The Balaban J connectivity index is 1.32. The van der Waals surface area contributed by atoms with Crippen LogP contribution in [-0.2, 0) is 6.54 Å². The Morgan fingerprint density at radius 2 is 1.77 bits per heavy atom. The first-order valence-electron chi connectivity index (χ1n) is 13.6. The summed E-state index contributed by atoms with van der Waals surface area (Å²) in [5.74, 6) is 0.441.